The Balaban J connectivity index is 2.21. The SMILES string of the molecule is CCCNC(CC1=NS(=O)(=O)c2ccccc21)CC(C)C. The number of sulfonamides is 1. The fraction of sp³-hybridized carbons (Fsp3) is 0.562. The van der Waals surface area contributed by atoms with Crippen LogP contribution in [0.2, 0.25) is 0 Å². The van der Waals surface area contributed by atoms with Gasteiger partial charge in [0.15, 0.2) is 0 Å². The van der Waals surface area contributed by atoms with Gasteiger partial charge in [-0.25, -0.2) is 0 Å². The van der Waals surface area contributed by atoms with Crippen LogP contribution in [-0.4, -0.2) is 26.7 Å². The van der Waals surface area contributed by atoms with Crippen molar-refractivity contribution in [3.05, 3.63) is 29.8 Å². The van der Waals surface area contributed by atoms with E-state index in [9.17, 15) is 8.42 Å². The van der Waals surface area contributed by atoms with Crippen LogP contribution in [0.3, 0.4) is 0 Å². The summed E-state index contributed by atoms with van der Waals surface area (Å²) < 4.78 is 28.1. The molecule has 4 nitrogen and oxygen atoms in total. The standard InChI is InChI=1S/C16H24N2O2S/c1-4-9-17-13(10-12(2)3)11-15-14-7-5-6-8-16(14)21(19,20)18-15/h5-8,12-13,17H,4,9-11H2,1-3H3. The monoisotopic (exact) mass is 308 g/mol. The van der Waals surface area contributed by atoms with E-state index in [1.54, 1.807) is 12.1 Å². The molecule has 5 heteroatoms. The van der Waals surface area contributed by atoms with Crippen LogP contribution >= 0.6 is 0 Å². The number of fused-ring (bicyclic) bond motifs is 1. The number of nitrogens with one attached hydrogen (secondary N) is 1. The zero-order valence-corrected chi connectivity index (χ0v) is 13.8. The van der Waals surface area contributed by atoms with E-state index in [1.165, 1.54) is 0 Å². The quantitative estimate of drug-likeness (QED) is 0.842. The highest BCUT2D eigenvalue weighted by Crippen LogP contribution is 2.28. The minimum Gasteiger partial charge on any atom is -0.314 e. The van der Waals surface area contributed by atoms with Gasteiger partial charge in [0.1, 0.15) is 0 Å². The van der Waals surface area contributed by atoms with Crippen LogP contribution < -0.4 is 5.32 Å². The zero-order chi connectivity index (χ0) is 15.5. The molecule has 0 saturated heterocycles. The van der Waals surface area contributed by atoms with Crippen LogP contribution in [0.25, 0.3) is 0 Å². The van der Waals surface area contributed by atoms with Crippen molar-refractivity contribution in [2.45, 2.75) is 51.0 Å². The highest BCUT2D eigenvalue weighted by molar-refractivity contribution is 7.90. The smallest absolute Gasteiger partial charge is 0.283 e. The van der Waals surface area contributed by atoms with Crippen LogP contribution in [0.4, 0.5) is 0 Å². The van der Waals surface area contributed by atoms with E-state index in [-0.39, 0.29) is 6.04 Å². The lowest BCUT2D eigenvalue weighted by atomic mass is 9.96. The summed E-state index contributed by atoms with van der Waals surface area (Å²) >= 11 is 0. The maximum Gasteiger partial charge on any atom is 0.283 e. The predicted molar refractivity (Wildman–Crippen MR) is 86.3 cm³/mol. The maximum absolute atomic E-state index is 12.1. The molecule has 0 aromatic heterocycles. The van der Waals surface area contributed by atoms with Gasteiger partial charge < -0.3 is 5.32 Å². The van der Waals surface area contributed by atoms with E-state index >= 15 is 0 Å². The number of benzene rings is 1. The number of hydrogen-bond donors (Lipinski definition) is 1. The molecule has 116 valence electrons. The lowest BCUT2D eigenvalue weighted by molar-refractivity contribution is 0.427. The van der Waals surface area contributed by atoms with Gasteiger partial charge in [0.05, 0.1) is 10.6 Å². The van der Waals surface area contributed by atoms with Gasteiger partial charge in [0, 0.05) is 18.0 Å². The lowest BCUT2D eigenvalue weighted by Gasteiger charge is -2.20. The van der Waals surface area contributed by atoms with Crippen LogP contribution in [0, 0.1) is 5.92 Å². The Morgan fingerprint density at radius 3 is 2.62 bits per heavy atom. The summed E-state index contributed by atoms with van der Waals surface area (Å²) in [5.41, 5.74) is 1.46. The van der Waals surface area contributed by atoms with E-state index in [2.05, 4.69) is 30.5 Å². The molecule has 0 amide bonds. The molecule has 0 radical (unpaired) electrons. The molecule has 0 spiro atoms. The zero-order valence-electron chi connectivity index (χ0n) is 13.0. The predicted octanol–water partition coefficient (Wildman–Crippen LogP) is 2.98. The first kappa shape index (κ1) is 16.2. The van der Waals surface area contributed by atoms with Gasteiger partial charge in [-0.3, -0.25) is 0 Å². The third-order valence-corrected chi connectivity index (χ3v) is 4.96. The molecule has 1 aliphatic rings. The maximum atomic E-state index is 12.1. The molecule has 1 unspecified atom stereocenters. The minimum atomic E-state index is -3.49. The molecule has 21 heavy (non-hydrogen) atoms. The molecule has 0 saturated carbocycles. The molecule has 2 rings (SSSR count). The summed E-state index contributed by atoms with van der Waals surface area (Å²) in [6.07, 6.45) is 2.74. The average Bonchev–Trinajstić information content (AvgIpc) is 2.67. The van der Waals surface area contributed by atoms with Crippen LogP contribution in [-0.2, 0) is 10.0 Å². The van der Waals surface area contributed by atoms with Crippen molar-refractivity contribution < 1.29 is 8.42 Å². The summed E-state index contributed by atoms with van der Waals surface area (Å²) in [6.45, 7) is 7.44. The molecule has 1 atom stereocenters. The van der Waals surface area contributed by atoms with Crippen LogP contribution in [0.1, 0.15) is 45.6 Å². The van der Waals surface area contributed by atoms with Crippen LogP contribution in [0.15, 0.2) is 33.6 Å². The van der Waals surface area contributed by atoms with Gasteiger partial charge in [-0.1, -0.05) is 39.0 Å². The molecule has 0 fully saturated rings. The molecule has 1 aromatic carbocycles. The van der Waals surface area contributed by atoms with Crippen molar-refractivity contribution in [2.24, 2.45) is 10.3 Å². The largest absolute Gasteiger partial charge is 0.314 e. The van der Waals surface area contributed by atoms with E-state index < -0.39 is 10.0 Å². The second-order valence-electron chi connectivity index (χ2n) is 5.99. The molecular formula is C16H24N2O2S. The summed E-state index contributed by atoms with van der Waals surface area (Å²) in [4.78, 5) is 0.346. The molecular weight excluding hydrogens is 284 g/mol. The second-order valence-corrected chi connectivity index (χ2v) is 7.57. The second kappa shape index (κ2) is 6.71. The first-order valence-corrected chi connectivity index (χ1v) is 9.04. The topological polar surface area (TPSA) is 58.5 Å². The van der Waals surface area contributed by atoms with Gasteiger partial charge in [-0.2, -0.15) is 12.8 Å². The van der Waals surface area contributed by atoms with Crippen molar-refractivity contribution in [2.75, 3.05) is 6.54 Å². The minimum absolute atomic E-state index is 0.269. The van der Waals surface area contributed by atoms with Crippen molar-refractivity contribution in [1.82, 2.24) is 5.32 Å². The molecule has 1 heterocycles. The van der Waals surface area contributed by atoms with Gasteiger partial charge in [0.2, 0.25) is 0 Å². The van der Waals surface area contributed by atoms with Gasteiger partial charge in [-0.05, 0) is 31.4 Å². The first-order chi connectivity index (χ1) is 9.94. The lowest BCUT2D eigenvalue weighted by Crippen LogP contribution is -2.33. The van der Waals surface area contributed by atoms with Crippen molar-refractivity contribution in [3.63, 3.8) is 0 Å². The fourth-order valence-electron chi connectivity index (χ4n) is 2.71. The molecule has 1 aromatic rings. The third-order valence-electron chi connectivity index (χ3n) is 3.58. The molecule has 1 N–H and O–H groups in total. The third kappa shape index (κ3) is 3.92. The van der Waals surface area contributed by atoms with Crippen molar-refractivity contribution >= 4 is 15.7 Å². The Labute approximate surface area is 127 Å². The van der Waals surface area contributed by atoms with Crippen LogP contribution in [0.5, 0.6) is 0 Å². The summed E-state index contributed by atoms with van der Waals surface area (Å²) in [5, 5.41) is 3.51. The highest BCUT2D eigenvalue weighted by Gasteiger charge is 2.29. The summed E-state index contributed by atoms with van der Waals surface area (Å²) in [5.74, 6) is 0.563. The number of rotatable bonds is 7. The fourth-order valence-corrected chi connectivity index (χ4v) is 3.99. The summed E-state index contributed by atoms with van der Waals surface area (Å²) in [7, 11) is -3.49. The molecule has 1 aliphatic heterocycles. The number of hydrogen-bond acceptors (Lipinski definition) is 3. The van der Waals surface area contributed by atoms with Gasteiger partial charge in [0.25, 0.3) is 10.0 Å². The van der Waals surface area contributed by atoms with Crippen molar-refractivity contribution in [3.8, 4) is 0 Å². The Morgan fingerprint density at radius 2 is 1.95 bits per heavy atom. The van der Waals surface area contributed by atoms with Gasteiger partial charge >= 0.3 is 0 Å². The molecule has 0 bridgehead atoms. The van der Waals surface area contributed by atoms with E-state index in [1.807, 2.05) is 12.1 Å². The Kier molecular flexibility index (Phi) is 5.17. The van der Waals surface area contributed by atoms with E-state index in [0.717, 1.165) is 24.9 Å². The Morgan fingerprint density at radius 1 is 1.24 bits per heavy atom. The Hall–Kier alpha value is -1.20. The average molecular weight is 308 g/mol. The Bertz CT molecular complexity index is 621. The first-order valence-electron chi connectivity index (χ1n) is 7.60. The number of nitrogens with zero attached hydrogens (tertiary/aromatic N) is 1. The molecule has 0 aliphatic carbocycles. The highest BCUT2D eigenvalue weighted by atomic mass is 32.2. The van der Waals surface area contributed by atoms with Gasteiger partial charge in [-0.15, -0.1) is 0 Å². The van der Waals surface area contributed by atoms with Crippen molar-refractivity contribution in [1.29, 1.82) is 0 Å². The van der Waals surface area contributed by atoms with E-state index in [0.29, 0.717) is 22.9 Å². The normalized spacial score (nSPS) is 17.6. The van der Waals surface area contributed by atoms with E-state index in [4.69, 9.17) is 0 Å². The summed E-state index contributed by atoms with van der Waals surface area (Å²) in [6, 6.07) is 7.37.